The Labute approximate surface area is 237 Å². The van der Waals surface area contributed by atoms with Crippen molar-refractivity contribution in [1.82, 2.24) is 9.13 Å². The number of hydrogen-bond donors (Lipinski definition) is 0. The number of hydrogen-bond acceptors (Lipinski definition) is 1. The lowest BCUT2D eigenvalue weighted by Crippen LogP contribution is -2.00. The summed E-state index contributed by atoms with van der Waals surface area (Å²) in [7, 11) is 0. The lowest BCUT2D eigenvalue weighted by molar-refractivity contribution is 1.14. The number of fused-ring (bicyclic) bond motifs is 6. The summed E-state index contributed by atoms with van der Waals surface area (Å²) in [6.07, 6.45) is 0. The number of rotatable bonds is 3. The first-order valence-corrected chi connectivity index (χ1v) is 13.9. The number of benzene rings is 6. The molecule has 0 aliphatic rings. The number of nitriles is 1. The monoisotopic (exact) mass is 523 g/mol. The van der Waals surface area contributed by atoms with Gasteiger partial charge in [0, 0.05) is 27.2 Å². The third kappa shape index (κ3) is 3.45. The molecule has 2 heterocycles. The molecule has 2 aromatic heterocycles. The van der Waals surface area contributed by atoms with Gasteiger partial charge in [0.2, 0.25) is 0 Å². The van der Waals surface area contributed by atoms with E-state index >= 15 is 0 Å². The normalized spacial score (nSPS) is 11.5. The third-order valence-corrected chi connectivity index (χ3v) is 8.28. The van der Waals surface area contributed by atoms with Gasteiger partial charge >= 0.3 is 0 Å². The Balaban J connectivity index is 1.39. The van der Waals surface area contributed by atoms with Crippen molar-refractivity contribution in [2.45, 2.75) is 6.92 Å². The van der Waals surface area contributed by atoms with Gasteiger partial charge in [0.1, 0.15) is 6.07 Å². The topological polar surface area (TPSA) is 33.6 Å². The molecule has 0 atom stereocenters. The van der Waals surface area contributed by atoms with Gasteiger partial charge in [-0.2, -0.15) is 5.26 Å². The molecule has 0 unspecified atom stereocenters. The van der Waals surface area contributed by atoms with Crippen LogP contribution in [0, 0.1) is 18.3 Å². The first kappa shape index (κ1) is 23.3. The molecule has 3 nitrogen and oxygen atoms in total. The molecule has 0 radical (unpaired) electrons. The summed E-state index contributed by atoms with van der Waals surface area (Å²) >= 11 is 0. The van der Waals surface area contributed by atoms with E-state index in [0.29, 0.717) is 5.56 Å². The van der Waals surface area contributed by atoms with Crippen LogP contribution in [-0.2, 0) is 0 Å². The van der Waals surface area contributed by atoms with Crippen LogP contribution in [0.4, 0.5) is 0 Å². The summed E-state index contributed by atoms with van der Waals surface area (Å²) in [6, 6.07) is 49.6. The second kappa shape index (κ2) is 8.98. The first-order valence-electron chi connectivity index (χ1n) is 13.9. The number of aryl methyl sites for hydroxylation is 1. The zero-order valence-electron chi connectivity index (χ0n) is 22.5. The number of nitrogens with zero attached hydrogens (tertiary/aromatic N) is 3. The SMILES string of the molecule is Cc1cccc(C#N)c1-n1c2ccccc2c2cc(-c3ccc4c5ccccc5n(-c5ccccc5)c4c3)ccc21. The van der Waals surface area contributed by atoms with Crippen LogP contribution in [0.5, 0.6) is 0 Å². The van der Waals surface area contributed by atoms with Crippen molar-refractivity contribution in [3.63, 3.8) is 0 Å². The fraction of sp³-hybridized carbons (Fsp3) is 0.0263. The van der Waals surface area contributed by atoms with Crippen molar-refractivity contribution in [2.24, 2.45) is 0 Å². The second-order valence-electron chi connectivity index (χ2n) is 10.6. The van der Waals surface area contributed by atoms with Crippen molar-refractivity contribution in [1.29, 1.82) is 5.26 Å². The Bertz CT molecular complexity index is 2330. The minimum Gasteiger partial charge on any atom is -0.309 e. The zero-order chi connectivity index (χ0) is 27.5. The highest BCUT2D eigenvalue weighted by Gasteiger charge is 2.18. The molecule has 0 amide bonds. The van der Waals surface area contributed by atoms with Crippen molar-refractivity contribution in [2.75, 3.05) is 0 Å². The molecule has 8 aromatic rings. The molecule has 41 heavy (non-hydrogen) atoms. The van der Waals surface area contributed by atoms with Gasteiger partial charge in [-0.3, -0.25) is 0 Å². The van der Waals surface area contributed by atoms with Gasteiger partial charge < -0.3 is 9.13 Å². The van der Waals surface area contributed by atoms with Crippen molar-refractivity contribution < 1.29 is 0 Å². The standard InChI is InChI=1S/C38H25N3/c1-25-10-9-11-28(24-39)38(25)41-35-17-8-6-15-31(35)33-22-26(19-21-36(33)41)27-18-20-32-30-14-5-7-16-34(30)40(37(32)23-27)29-12-3-2-4-13-29/h2-23H,1H3. The Morgan fingerprint density at radius 2 is 1.10 bits per heavy atom. The zero-order valence-corrected chi connectivity index (χ0v) is 22.5. The smallest absolute Gasteiger partial charge is 0.101 e. The van der Waals surface area contributed by atoms with Gasteiger partial charge in [0.25, 0.3) is 0 Å². The van der Waals surface area contributed by atoms with E-state index in [-0.39, 0.29) is 0 Å². The molecule has 6 aromatic carbocycles. The van der Waals surface area contributed by atoms with Gasteiger partial charge in [-0.25, -0.2) is 0 Å². The minimum atomic E-state index is 0.677. The Morgan fingerprint density at radius 3 is 1.88 bits per heavy atom. The molecule has 0 aliphatic carbocycles. The van der Waals surface area contributed by atoms with Crippen LogP contribution in [0.2, 0.25) is 0 Å². The van der Waals surface area contributed by atoms with Crippen molar-refractivity contribution >= 4 is 43.6 Å². The molecule has 0 spiro atoms. The van der Waals surface area contributed by atoms with E-state index in [2.05, 4.69) is 143 Å². The van der Waals surface area contributed by atoms with Gasteiger partial charge in [-0.15, -0.1) is 0 Å². The molecule has 0 N–H and O–H groups in total. The Kier molecular flexibility index (Phi) is 5.10. The summed E-state index contributed by atoms with van der Waals surface area (Å²) in [5, 5.41) is 14.8. The average Bonchev–Trinajstić information content (AvgIpc) is 3.53. The fourth-order valence-corrected chi connectivity index (χ4v) is 6.44. The Morgan fingerprint density at radius 1 is 0.488 bits per heavy atom. The van der Waals surface area contributed by atoms with Gasteiger partial charge in [-0.05, 0) is 72.1 Å². The molecule has 0 saturated carbocycles. The van der Waals surface area contributed by atoms with E-state index in [1.165, 1.54) is 38.1 Å². The molecule has 0 saturated heterocycles. The predicted octanol–water partition coefficient (Wildman–Crippen LogP) is 9.73. The van der Waals surface area contributed by atoms with Crippen molar-refractivity contribution in [3.05, 3.63) is 145 Å². The highest BCUT2D eigenvalue weighted by Crippen LogP contribution is 2.38. The first-order chi connectivity index (χ1) is 20.2. The summed E-state index contributed by atoms with van der Waals surface area (Å²) in [6.45, 7) is 2.08. The molecule has 8 rings (SSSR count). The molecule has 0 bridgehead atoms. The summed E-state index contributed by atoms with van der Waals surface area (Å²) in [4.78, 5) is 0. The second-order valence-corrected chi connectivity index (χ2v) is 10.6. The van der Waals surface area contributed by atoms with E-state index in [4.69, 9.17) is 0 Å². The van der Waals surface area contributed by atoms with E-state index in [0.717, 1.165) is 33.5 Å². The molecular formula is C38H25N3. The minimum absolute atomic E-state index is 0.677. The lowest BCUT2D eigenvalue weighted by atomic mass is 10.0. The van der Waals surface area contributed by atoms with Crippen LogP contribution >= 0.6 is 0 Å². The van der Waals surface area contributed by atoms with Crippen LogP contribution in [0.1, 0.15) is 11.1 Å². The fourth-order valence-electron chi connectivity index (χ4n) is 6.44. The third-order valence-electron chi connectivity index (χ3n) is 8.28. The summed E-state index contributed by atoms with van der Waals surface area (Å²) < 4.78 is 4.61. The largest absolute Gasteiger partial charge is 0.309 e. The predicted molar refractivity (Wildman–Crippen MR) is 170 cm³/mol. The van der Waals surface area contributed by atoms with E-state index < -0.39 is 0 Å². The van der Waals surface area contributed by atoms with E-state index in [1.807, 2.05) is 12.1 Å². The molecule has 192 valence electrons. The highest BCUT2D eigenvalue weighted by atomic mass is 15.0. The van der Waals surface area contributed by atoms with Crippen molar-refractivity contribution in [3.8, 4) is 28.6 Å². The Hall–Kier alpha value is -5.59. The molecule has 3 heteroatoms. The average molecular weight is 524 g/mol. The van der Waals surface area contributed by atoms with Gasteiger partial charge in [-0.1, -0.05) is 84.9 Å². The lowest BCUT2D eigenvalue weighted by Gasteiger charge is -2.13. The van der Waals surface area contributed by atoms with Gasteiger partial charge in [0.05, 0.1) is 33.3 Å². The number of aromatic nitrogens is 2. The highest BCUT2D eigenvalue weighted by molar-refractivity contribution is 6.12. The van der Waals surface area contributed by atoms with Gasteiger partial charge in [0.15, 0.2) is 0 Å². The molecule has 0 aliphatic heterocycles. The van der Waals surface area contributed by atoms with Crippen LogP contribution in [0.3, 0.4) is 0 Å². The van der Waals surface area contributed by atoms with Crippen LogP contribution < -0.4 is 0 Å². The number of para-hydroxylation sites is 4. The summed E-state index contributed by atoms with van der Waals surface area (Å²) in [5.74, 6) is 0. The van der Waals surface area contributed by atoms with E-state index in [9.17, 15) is 5.26 Å². The van der Waals surface area contributed by atoms with Crippen LogP contribution in [0.15, 0.2) is 133 Å². The maximum absolute atomic E-state index is 9.96. The molecule has 0 fully saturated rings. The quantitative estimate of drug-likeness (QED) is 0.227. The van der Waals surface area contributed by atoms with Crippen LogP contribution in [0.25, 0.3) is 66.1 Å². The van der Waals surface area contributed by atoms with Crippen LogP contribution in [-0.4, -0.2) is 9.13 Å². The maximum atomic E-state index is 9.96. The summed E-state index contributed by atoms with van der Waals surface area (Å²) in [5.41, 5.74) is 10.8. The molecular weight excluding hydrogens is 498 g/mol. The van der Waals surface area contributed by atoms with E-state index in [1.54, 1.807) is 0 Å². The maximum Gasteiger partial charge on any atom is 0.101 e.